The van der Waals surface area contributed by atoms with Crippen LogP contribution in [0.2, 0.25) is 0 Å². The predicted octanol–water partition coefficient (Wildman–Crippen LogP) is 5.36. The Labute approximate surface area is 257 Å². The summed E-state index contributed by atoms with van der Waals surface area (Å²) >= 11 is 1.61. The first-order chi connectivity index (χ1) is 20.8. The summed E-state index contributed by atoms with van der Waals surface area (Å²) in [5.74, 6) is 1.06. The van der Waals surface area contributed by atoms with Gasteiger partial charge in [0.25, 0.3) is 0 Å². The molecule has 43 heavy (non-hydrogen) atoms. The van der Waals surface area contributed by atoms with Crippen molar-refractivity contribution >= 4 is 28.3 Å². The number of hydrogen-bond donors (Lipinski definition) is 1. The number of carbonyl (C=O) groups excluding carboxylic acids is 1. The van der Waals surface area contributed by atoms with E-state index in [1.54, 1.807) is 11.3 Å². The predicted molar refractivity (Wildman–Crippen MR) is 167 cm³/mol. The Bertz CT molecular complexity index is 1530. The maximum absolute atomic E-state index is 12.4. The molecule has 4 aliphatic rings. The summed E-state index contributed by atoms with van der Waals surface area (Å²) in [6.07, 6.45) is 3.75. The summed E-state index contributed by atoms with van der Waals surface area (Å²) in [7, 11) is 0. The van der Waals surface area contributed by atoms with E-state index in [9.17, 15) is 14.7 Å². The summed E-state index contributed by atoms with van der Waals surface area (Å²) in [5, 5.41) is 12.6. The van der Waals surface area contributed by atoms with Crippen molar-refractivity contribution in [1.82, 2.24) is 14.8 Å². The van der Waals surface area contributed by atoms with Gasteiger partial charge >= 0.3 is 5.97 Å². The van der Waals surface area contributed by atoms with Gasteiger partial charge in [-0.15, -0.1) is 11.3 Å². The van der Waals surface area contributed by atoms with Crippen LogP contribution in [-0.4, -0.2) is 71.0 Å². The highest BCUT2D eigenvalue weighted by Gasteiger charge is 2.59. The number of aliphatic carboxylic acids is 1. The minimum absolute atomic E-state index is 0.220. The summed E-state index contributed by atoms with van der Waals surface area (Å²) < 4.78 is 6.41. The molecule has 1 aromatic heterocycles. The lowest BCUT2D eigenvalue weighted by Crippen LogP contribution is -2.52. The molecule has 7 rings (SSSR count). The number of benzene rings is 2. The lowest BCUT2D eigenvalue weighted by molar-refractivity contribution is -0.146. The zero-order valence-electron chi connectivity index (χ0n) is 25.1. The molecule has 1 N–H and O–H groups in total. The zero-order chi connectivity index (χ0) is 29.7. The van der Waals surface area contributed by atoms with Gasteiger partial charge in [0.15, 0.2) is 5.13 Å². The van der Waals surface area contributed by atoms with Gasteiger partial charge in [0, 0.05) is 68.6 Å². The second-order valence-corrected chi connectivity index (χ2v) is 13.8. The van der Waals surface area contributed by atoms with Crippen LogP contribution in [0.1, 0.15) is 47.9 Å². The number of amides is 1. The molecule has 2 saturated heterocycles. The Kier molecular flexibility index (Phi) is 7.42. The van der Waals surface area contributed by atoms with Crippen LogP contribution in [0.15, 0.2) is 41.8 Å². The third kappa shape index (κ3) is 5.77. The number of ether oxygens (including phenoxy) is 1. The molecule has 0 bridgehead atoms. The van der Waals surface area contributed by atoms with E-state index in [0.717, 1.165) is 105 Å². The molecule has 0 spiro atoms. The maximum Gasteiger partial charge on any atom is 0.310 e. The zero-order valence-corrected chi connectivity index (χ0v) is 25.9. The minimum atomic E-state index is -0.639. The van der Waals surface area contributed by atoms with Gasteiger partial charge in [-0.3, -0.25) is 14.5 Å². The smallest absolute Gasteiger partial charge is 0.310 e. The van der Waals surface area contributed by atoms with Crippen molar-refractivity contribution in [1.29, 1.82) is 0 Å². The molecule has 0 radical (unpaired) electrons. The number of carbonyl (C=O) groups is 2. The Morgan fingerprint density at radius 3 is 2.49 bits per heavy atom. The van der Waals surface area contributed by atoms with Crippen LogP contribution in [0.4, 0.5) is 5.13 Å². The van der Waals surface area contributed by atoms with Crippen molar-refractivity contribution in [3.05, 3.63) is 64.0 Å². The van der Waals surface area contributed by atoms with Crippen LogP contribution < -0.4 is 9.64 Å². The third-order valence-corrected chi connectivity index (χ3v) is 10.8. The van der Waals surface area contributed by atoms with Crippen molar-refractivity contribution in [3.63, 3.8) is 0 Å². The summed E-state index contributed by atoms with van der Waals surface area (Å²) in [6.45, 7) is 10.7. The molecule has 2 aliphatic heterocycles. The van der Waals surface area contributed by atoms with E-state index in [4.69, 9.17) is 9.72 Å². The highest BCUT2D eigenvalue weighted by atomic mass is 32.1. The highest BCUT2D eigenvalue weighted by molar-refractivity contribution is 7.14. The van der Waals surface area contributed by atoms with Gasteiger partial charge in [-0.25, -0.2) is 4.98 Å². The number of hydrogen-bond acceptors (Lipinski definition) is 7. The number of thiazole rings is 1. The molecule has 4 fully saturated rings. The highest BCUT2D eigenvalue weighted by Crippen LogP contribution is 2.55. The fourth-order valence-corrected chi connectivity index (χ4v) is 7.41. The standard InChI is InChI=1S/C34H40N4O4S/c1-22-3-8-30(28(15-22)29-21-43-33(35-29)38-18-27(19-38)34(9-10-34)32(40)41)42-20-26-5-4-24(16-23(26)2)17-36-11-13-37(14-12-36)31(39)25-6-7-25/h3-5,8,15-16,21,25,27H,6-7,9-14,17-20H2,1-2H3,(H,40,41). The number of carboxylic acids is 1. The number of aryl methyl sites for hydroxylation is 2. The Morgan fingerprint density at radius 1 is 1.05 bits per heavy atom. The molecule has 3 aromatic rings. The number of anilines is 1. The van der Waals surface area contributed by atoms with Gasteiger partial charge in [0.05, 0.1) is 11.1 Å². The molecule has 2 saturated carbocycles. The average molecular weight is 601 g/mol. The first kappa shape index (κ1) is 28.3. The van der Waals surface area contributed by atoms with Gasteiger partial charge in [-0.1, -0.05) is 29.8 Å². The van der Waals surface area contributed by atoms with Crippen LogP contribution in [0.3, 0.4) is 0 Å². The van der Waals surface area contributed by atoms with Crippen molar-refractivity contribution in [2.75, 3.05) is 44.2 Å². The van der Waals surface area contributed by atoms with E-state index in [-0.39, 0.29) is 5.92 Å². The second-order valence-electron chi connectivity index (χ2n) is 13.0. The molecule has 1 amide bonds. The van der Waals surface area contributed by atoms with Gasteiger partial charge in [0.1, 0.15) is 12.4 Å². The monoisotopic (exact) mass is 600 g/mol. The van der Waals surface area contributed by atoms with E-state index in [1.165, 1.54) is 11.1 Å². The van der Waals surface area contributed by atoms with Gasteiger partial charge in [-0.05, 0) is 68.4 Å². The van der Waals surface area contributed by atoms with E-state index in [1.807, 2.05) is 6.07 Å². The van der Waals surface area contributed by atoms with Crippen LogP contribution in [0.5, 0.6) is 5.75 Å². The Morgan fingerprint density at radius 2 is 1.81 bits per heavy atom. The van der Waals surface area contributed by atoms with E-state index in [0.29, 0.717) is 18.4 Å². The summed E-state index contributed by atoms with van der Waals surface area (Å²) in [5.41, 5.74) is 6.20. The SMILES string of the molecule is Cc1ccc(OCc2ccc(CN3CCN(C(=O)C4CC4)CC3)cc2C)c(-c2csc(N3CC(C4(C(=O)O)CC4)C3)n2)c1. The number of nitrogens with zero attached hydrogens (tertiary/aromatic N) is 4. The number of piperazine rings is 1. The first-order valence-electron chi connectivity index (χ1n) is 15.6. The Balaban J connectivity index is 0.963. The van der Waals surface area contributed by atoms with Crippen molar-refractivity contribution in [3.8, 4) is 17.0 Å². The number of carboxylic acid groups (broad SMARTS) is 1. The number of aromatic nitrogens is 1. The van der Waals surface area contributed by atoms with Crippen molar-refractivity contribution in [2.24, 2.45) is 17.3 Å². The second kappa shape index (κ2) is 11.2. The molecule has 8 nitrogen and oxygen atoms in total. The molecule has 2 aromatic carbocycles. The van der Waals surface area contributed by atoms with Crippen LogP contribution in [0, 0.1) is 31.1 Å². The molecular formula is C34H40N4O4S. The molecule has 226 valence electrons. The molecular weight excluding hydrogens is 560 g/mol. The minimum Gasteiger partial charge on any atom is -0.488 e. The van der Waals surface area contributed by atoms with E-state index < -0.39 is 11.4 Å². The molecule has 9 heteroatoms. The van der Waals surface area contributed by atoms with Crippen LogP contribution >= 0.6 is 11.3 Å². The topological polar surface area (TPSA) is 86.2 Å². The van der Waals surface area contributed by atoms with E-state index >= 15 is 0 Å². The van der Waals surface area contributed by atoms with Gasteiger partial charge < -0.3 is 19.6 Å². The van der Waals surface area contributed by atoms with Crippen molar-refractivity contribution in [2.45, 2.75) is 52.7 Å². The van der Waals surface area contributed by atoms with Crippen LogP contribution in [-0.2, 0) is 22.7 Å². The van der Waals surface area contributed by atoms with Crippen LogP contribution in [0.25, 0.3) is 11.3 Å². The lowest BCUT2D eigenvalue weighted by atomic mass is 9.83. The first-order valence-corrected chi connectivity index (χ1v) is 16.4. The normalized spacial score (nSPS) is 20.1. The fourth-order valence-electron chi connectivity index (χ4n) is 6.57. The fraction of sp³-hybridized carbons (Fsp3) is 0.500. The molecule has 2 aliphatic carbocycles. The van der Waals surface area contributed by atoms with Gasteiger partial charge in [0.2, 0.25) is 5.91 Å². The molecule has 3 heterocycles. The molecule has 0 unspecified atom stereocenters. The number of rotatable bonds is 10. The quantitative estimate of drug-likeness (QED) is 0.335. The summed E-state index contributed by atoms with van der Waals surface area (Å²) in [6, 6.07) is 12.9. The van der Waals surface area contributed by atoms with E-state index in [2.05, 4.69) is 64.3 Å². The lowest BCUT2D eigenvalue weighted by Gasteiger charge is -2.42. The maximum atomic E-state index is 12.4. The summed E-state index contributed by atoms with van der Waals surface area (Å²) in [4.78, 5) is 35.7. The van der Waals surface area contributed by atoms with Gasteiger partial charge in [-0.2, -0.15) is 0 Å². The van der Waals surface area contributed by atoms with Crippen molar-refractivity contribution < 1.29 is 19.4 Å². The largest absolute Gasteiger partial charge is 0.488 e. The third-order valence-electron chi connectivity index (χ3n) is 9.86. The Hall–Kier alpha value is -3.43. The average Bonchev–Trinajstić information content (AvgIpc) is 3.91. The molecule has 0 atom stereocenters.